The van der Waals surface area contributed by atoms with Crippen molar-refractivity contribution >= 4 is 5.78 Å². The summed E-state index contributed by atoms with van der Waals surface area (Å²) in [6.45, 7) is 6.40. The van der Waals surface area contributed by atoms with Gasteiger partial charge in [0.2, 0.25) is 0 Å². The Morgan fingerprint density at radius 1 is 0.889 bits per heavy atom. The van der Waals surface area contributed by atoms with Gasteiger partial charge in [-0.1, -0.05) is 25.0 Å². The lowest BCUT2D eigenvalue weighted by atomic mass is 9.46. The first kappa shape index (κ1) is 17.2. The molecule has 6 aliphatic rings. The topological polar surface area (TPSA) is 35.5 Å². The Hall–Kier alpha value is -0.670. The monoisotopic (exact) mass is 370 g/mol. The Labute approximate surface area is 163 Å². The zero-order valence-corrected chi connectivity index (χ0v) is 17.0. The number of carbonyl (C=O) groups excluding carboxylic acids is 1. The van der Waals surface area contributed by atoms with Gasteiger partial charge >= 0.3 is 0 Å². The van der Waals surface area contributed by atoms with Gasteiger partial charge in [0.15, 0.2) is 5.79 Å². The number of fused-ring (bicyclic) bond motifs is 5. The van der Waals surface area contributed by atoms with E-state index >= 15 is 0 Å². The fraction of sp³-hybridized carbons (Fsp3) is 0.875. The number of hydrogen-bond acceptors (Lipinski definition) is 3. The van der Waals surface area contributed by atoms with Crippen LogP contribution in [0.4, 0.5) is 0 Å². The number of allylic oxidation sites excluding steroid dienone is 1. The lowest BCUT2D eigenvalue weighted by Crippen LogP contribution is -2.53. The van der Waals surface area contributed by atoms with Crippen molar-refractivity contribution < 1.29 is 14.3 Å². The van der Waals surface area contributed by atoms with E-state index in [9.17, 15) is 4.79 Å². The Morgan fingerprint density at radius 3 is 2.37 bits per heavy atom. The summed E-state index contributed by atoms with van der Waals surface area (Å²) in [7, 11) is 0. The van der Waals surface area contributed by atoms with E-state index in [-0.39, 0.29) is 11.2 Å². The molecule has 1 saturated heterocycles. The molecule has 3 heteroatoms. The van der Waals surface area contributed by atoms with Gasteiger partial charge in [-0.25, -0.2) is 0 Å². The average Bonchev–Trinajstić information content (AvgIpc) is 3.32. The van der Waals surface area contributed by atoms with Crippen molar-refractivity contribution in [2.24, 2.45) is 34.5 Å². The van der Waals surface area contributed by atoms with Crippen molar-refractivity contribution in [3.8, 4) is 0 Å². The van der Waals surface area contributed by atoms with Crippen LogP contribution in [0, 0.1) is 34.5 Å². The summed E-state index contributed by atoms with van der Waals surface area (Å²) in [5.74, 6) is 3.20. The fourth-order valence-electron chi connectivity index (χ4n) is 8.15. The minimum Gasteiger partial charge on any atom is -0.347 e. The molecular weight excluding hydrogens is 336 g/mol. The molecule has 0 aromatic rings. The van der Waals surface area contributed by atoms with Gasteiger partial charge in [-0.15, -0.1) is 0 Å². The second kappa shape index (κ2) is 5.48. The maximum atomic E-state index is 12.7. The van der Waals surface area contributed by atoms with Gasteiger partial charge in [0, 0.05) is 24.7 Å². The molecule has 1 aliphatic heterocycles. The molecule has 0 amide bonds. The number of carbonyl (C=O) groups is 1. The van der Waals surface area contributed by atoms with E-state index in [1.807, 2.05) is 0 Å². The van der Waals surface area contributed by atoms with E-state index in [1.165, 1.54) is 32.1 Å². The lowest BCUT2D eigenvalue weighted by molar-refractivity contribution is -0.185. The molecule has 5 atom stereocenters. The largest absolute Gasteiger partial charge is 0.347 e. The summed E-state index contributed by atoms with van der Waals surface area (Å²) in [5.41, 5.74) is 3.80. The summed E-state index contributed by atoms with van der Waals surface area (Å²) in [6.07, 6.45) is 11.6. The lowest BCUT2D eigenvalue weighted by Gasteiger charge is -2.59. The van der Waals surface area contributed by atoms with E-state index in [1.54, 1.807) is 11.1 Å². The minimum atomic E-state index is -0.311. The van der Waals surface area contributed by atoms with Crippen molar-refractivity contribution in [2.45, 2.75) is 83.8 Å². The second-order valence-corrected chi connectivity index (χ2v) is 11.0. The molecule has 6 rings (SSSR count). The number of ether oxygens (including phenoxy) is 2. The fourth-order valence-corrected chi connectivity index (χ4v) is 8.15. The molecule has 4 saturated carbocycles. The van der Waals surface area contributed by atoms with Crippen LogP contribution in [0.25, 0.3) is 0 Å². The average molecular weight is 371 g/mol. The van der Waals surface area contributed by atoms with Gasteiger partial charge in [-0.3, -0.25) is 4.79 Å². The smallest absolute Gasteiger partial charge is 0.172 e. The predicted octanol–water partition coefficient (Wildman–Crippen LogP) is 5.04. The van der Waals surface area contributed by atoms with Gasteiger partial charge in [0.25, 0.3) is 0 Å². The molecule has 27 heavy (non-hydrogen) atoms. The van der Waals surface area contributed by atoms with Crippen molar-refractivity contribution in [1.82, 2.24) is 0 Å². The standard InChI is InChI=1S/C24H34O3/c1-22-9-10-24(26-11-12-27-24)14-20(22)16(15-3-4-15)13-17-18-5-6-21(25)23(18,2)8-7-19(17)22/h15,17-19H,3-14H2,1-2H3/t17-,18-,19-,22+,23-/m0/s1. The van der Waals surface area contributed by atoms with Crippen LogP contribution in [-0.4, -0.2) is 24.8 Å². The molecule has 3 nitrogen and oxygen atoms in total. The summed E-state index contributed by atoms with van der Waals surface area (Å²) < 4.78 is 12.3. The van der Waals surface area contributed by atoms with Crippen LogP contribution in [0.15, 0.2) is 11.1 Å². The molecule has 0 N–H and O–H groups in total. The van der Waals surface area contributed by atoms with Gasteiger partial charge in [-0.2, -0.15) is 0 Å². The van der Waals surface area contributed by atoms with Crippen molar-refractivity contribution in [1.29, 1.82) is 0 Å². The molecule has 0 bridgehead atoms. The van der Waals surface area contributed by atoms with Crippen LogP contribution in [0.5, 0.6) is 0 Å². The van der Waals surface area contributed by atoms with Crippen LogP contribution in [0.2, 0.25) is 0 Å². The molecule has 0 unspecified atom stereocenters. The number of rotatable bonds is 1. The molecule has 0 radical (unpaired) electrons. The van der Waals surface area contributed by atoms with Crippen molar-refractivity contribution in [3.05, 3.63) is 11.1 Å². The Morgan fingerprint density at radius 2 is 1.63 bits per heavy atom. The van der Waals surface area contributed by atoms with E-state index in [0.717, 1.165) is 63.1 Å². The summed E-state index contributed by atoms with van der Waals surface area (Å²) in [5, 5.41) is 0. The first-order valence-corrected chi connectivity index (χ1v) is 11.5. The number of ketones is 1. The first-order valence-electron chi connectivity index (χ1n) is 11.5. The molecule has 0 aromatic heterocycles. The molecular formula is C24H34O3. The third-order valence-electron chi connectivity index (χ3n) is 9.85. The maximum absolute atomic E-state index is 12.7. The van der Waals surface area contributed by atoms with Crippen LogP contribution >= 0.6 is 0 Å². The van der Waals surface area contributed by atoms with Gasteiger partial charge < -0.3 is 9.47 Å². The quantitative estimate of drug-likeness (QED) is 0.607. The highest BCUT2D eigenvalue weighted by atomic mass is 16.7. The van der Waals surface area contributed by atoms with Crippen LogP contribution in [0.3, 0.4) is 0 Å². The van der Waals surface area contributed by atoms with E-state index in [2.05, 4.69) is 13.8 Å². The molecule has 5 fully saturated rings. The summed E-state index contributed by atoms with van der Waals surface area (Å²) in [4.78, 5) is 12.7. The zero-order chi connectivity index (χ0) is 18.4. The van der Waals surface area contributed by atoms with Crippen molar-refractivity contribution in [3.63, 3.8) is 0 Å². The minimum absolute atomic E-state index is 0.0166. The van der Waals surface area contributed by atoms with E-state index < -0.39 is 0 Å². The van der Waals surface area contributed by atoms with Crippen LogP contribution in [-0.2, 0) is 14.3 Å². The third-order valence-corrected chi connectivity index (χ3v) is 9.85. The van der Waals surface area contributed by atoms with Crippen LogP contribution in [0.1, 0.15) is 78.1 Å². The van der Waals surface area contributed by atoms with E-state index in [0.29, 0.717) is 17.1 Å². The first-order chi connectivity index (χ1) is 13.0. The normalized spacial score (nSPS) is 48.5. The maximum Gasteiger partial charge on any atom is 0.172 e. The highest BCUT2D eigenvalue weighted by Gasteiger charge is 2.62. The number of hydrogen-bond donors (Lipinski definition) is 0. The Kier molecular flexibility index (Phi) is 3.49. The van der Waals surface area contributed by atoms with Gasteiger partial charge in [-0.05, 0) is 74.0 Å². The molecule has 1 spiro atoms. The third kappa shape index (κ3) is 2.25. The molecule has 0 aromatic carbocycles. The second-order valence-electron chi connectivity index (χ2n) is 11.0. The van der Waals surface area contributed by atoms with Gasteiger partial charge in [0.1, 0.15) is 5.78 Å². The zero-order valence-electron chi connectivity index (χ0n) is 17.0. The molecule has 1 heterocycles. The Bertz CT molecular complexity index is 713. The summed E-state index contributed by atoms with van der Waals surface area (Å²) >= 11 is 0. The molecule has 5 aliphatic carbocycles. The molecule has 148 valence electrons. The van der Waals surface area contributed by atoms with Crippen molar-refractivity contribution in [2.75, 3.05) is 13.2 Å². The highest BCUT2D eigenvalue weighted by Crippen LogP contribution is 2.68. The summed E-state index contributed by atoms with van der Waals surface area (Å²) in [6, 6.07) is 0. The SMILES string of the molecule is C[C@]12CCC3(CC1=C(C1CC1)C[C@@H]1[C@@H]2CC[C@]2(C)C(=O)CC[C@@H]12)OCCO3. The highest BCUT2D eigenvalue weighted by molar-refractivity contribution is 5.87. The van der Waals surface area contributed by atoms with Gasteiger partial charge in [0.05, 0.1) is 13.2 Å². The van der Waals surface area contributed by atoms with E-state index in [4.69, 9.17) is 9.47 Å². The Balaban J connectivity index is 1.42. The number of Topliss-reactive ketones (excluding diaryl/α,β-unsaturated/α-hetero) is 1. The predicted molar refractivity (Wildman–Crippen MR) is 103 cm³/mol. The van der Waals surface area contributed by atoms with Crippen LogP contribution < -0.4 is 0 Å².